The van der Waals surface area contributed by atoms with Crippen LogP contribution in [0.15, 0.2) is 0 Å². The molecule has 0 amide bonds. The van der Waals surface area contributed by atoms with Gasteiger partial charge >= 0.3 is 0 Å². The molecule has 2 fully saturated rings. The monoisotopic (exact) mass is 157 g/mol. The van der Waals surface area contributed by atoms with Gasteiger partial charge in [-0.1, -0.05) is 0 Å². The smallest absolute Gasteiger partial charge is 0.227 e. The van der Waals surface area contributed by atoms with Crippen molar-refractivity contribution in [2.75, 3.05) is 20.3 Å². The largest absolute Gasteiger partial charge is 0.337 e. The molecule has 3 heteroatoms. The molecular formula is C8H15NO2. The molecular weight excluding hydrogens is 142 g/mol. The van der Waals surface area contributed by atoms with E-state index in [0.29, 0.717) is 0 Å². The standard InChI is InChI=1S/C8H15NO2/c1-9-8-6-7(2-4-10-8)3-5-11-8/h7,9H,2-6H2,1H3. The van der Waals surface area contributed by atoms with Gasteiger partial charge in [-0.2, -0.15) is 0 Å². The lowest BCUT2D eigenvalue weighted by Crippen LogP contribution is -2.55. The summed E-state index contributed by atoms with van der Waals surface area (Å²) in [6.45, 7) is 1.68. The molecule has 2 heterocycles. The Hall–Kier alpha value is -0.120. The number of hydrogen-bond acceptors (Lipinski definition) is 3. The summed E-state index contributed by atoms with van der Waals surface area (Å²) >= 11 is 0. The van der Waals surface area contributed by atoms with Crippen LogP contribution in [-0.4, -0.2) is 26.2 Å². The lowest BCUT2D eigenvalue weighted by molar-refractivity contribution is -0.301. The number of nitrogens with one attached hydrogen (secondary N) is 1. The molecule has 0 aromatic rings. The van der Waals surface area contributed by atoms with E-state index in [1.807, 2.05) is 7.05 Å². The van der Waals surface area contributed by atoms with Crippen molar-refractivity contribution in [3.63, 3.8) is 0 Å². The Morgan fingerprint density at radius 3 is 2.36 bits per heavy atom. The Labute approximate surface area is 67.1 Å². The van der Waals surface area contributed by atoms with Gasteiger partial charge in [-0.05, 0) is 25.8 Å². The Morgan fingerprint density at radius 2 is 1.91 bits per heavy atom. The molecule has 1 N–H and O–H groups in total. The second-order valence-corrected chi connectivity index (χ2v) is 3.35. The molecule has 0 radical (unpaired) electrons. The SMILES string of the molecule is CNC12CC(CCO1)CCO2. The summed E-state index contributed by atoms with van der Waals surface area (Å²) in [5.41, 5.74) is 0. The predicted octanol–water partition coefficient (Wildman–Crippen LogP) is 0.706. The predicted molar refractivity (Wildman–Crippen MR) is 41.0 cm³/mol. The molecule has 2 saturated heterocycles. The summed E-state index contributed by atoms with van der Waals surface area (Å²) in [6, 6.07) is 0. The van der Waals surface area contributed by atoms with E-state index in [2.05, 4.69) is 5.32 Å². The van der Waals surface area contributed by atoms with Gasteiger partial charge in [0.2, 0.25) is 5.91 Å². The van der Waals surface area contributed by atoms with E-state index in [1.54, 1.807) is 0 Å². The zero-order chi connectivity index (χ0) is 7.73. The van der Waals surface area contributed by atoms with Crippen molar-refractivity contribution in [2.45, 2.75) is 25.2 Å². The van der Waals surface area contributed by atoms with Crippen LogP contribution in [-0.2, 0) is 9.47 Å². The van der Waals surface area contributed by atoms with Crippen LogP contribution in [0.5, 0.6) is 0 Å². The van der Waals surface area contributed by atoms with E-state index in [1.165, 1.54) is 12.8 Å². The van der Waals surface area contributed by atoms with Crippen LogP contribution in [0.4, 0.5) is 0 Å². The van der Waals surface area contributed by atoms with Crippen molar-refractivity contribution >= 4 is 0 Å². The van der Waals surface area contributed by atoms with Gasteiger partial charge in [0.05, 0.1) is 13.2 Å². The van der Waals surface area contributed by atoms with E-state index in [4.69, 9.17) is 9.47 Å². The first-order valence-corrected chi connectivity index (χ1v) is 4.31. The lowest BCUT2D eigenvalue weighted by Gasteiger charge is -2.43. The number of fused-ring (bicyclic) bond motifs is 2. The third kappa shape index (κ3) is 1.28. The molecule has 11 heavy (non-hydrogen) atoms. The van der Waals surface area contributed by atoms with Gasteiger partial charge in [0.25, 0.3) is 0 Å². The second-order valence-electron chi connectivity index (χ2n) is 3.35. The summed E-state index contributed by atoms with van der Waals surface area (Å²) in [4.78, 5) is 0. The molecule has 2 aliphatic rings. The number of rotatable bonds is 1. The Bertz CT molecular complexity index is 139. The van der Waals surface area contributed by atoms with Gasteiger partial charge in [0.1, 0.15) is 0 Å². The highest BCUT2D eigenvalue weighted by atomic mass is 16.7. The zero-order valence-electron chi connectivity index (χ0n) is 6.93. The molecule has 2 aliphatic heterocycles. The minimum absolute atomic E-state index is 0.429. The summed E-state index contributed by atoms with van der Waals surface area (Å²) in [5, 5.41) is 3.10. The molecule has 2 rings (SSSR count). The fraction of sp³-hybridized carbons (Fsp3) is 1.00. The van der Waals surface area contributed by atoms with Crippen molar-refractivity contribution in [3.8, 4) is 0 Å². The van der Waals surface area contributed by atoms with Crippen LogP contribution in [0, 0.1) is 5.92 Å². The maximum atomic E-state index is 5.55. The highest BCUT2D eigenvalue weighted by molar-refractivity contribution is 4.80. The molecule has 2 bridgehead atoms. The average Bonchev–Trinajstić information content (AvgIpc) is 2.05. The minimum atomic E-state index is -0.429. The normalized spacial score (nSPS) is 43.9. The highest BCUT2D eigenvalue weighted by Crippen LogP contribution is 2.34. The van der Waals surface area contributed by atoms with E-state index < -0.39 is 5.91 Å². The third-order valence-corrected chi connectivity index (χ3v) is 2.66. The van der Waals surface area contributed by atoms with E-state index >= 15 is 0 Å². The maximum Gasteiger partial charge on any atom is 0.227 e. The molecule has 0 aliphatic carbocycles. The molecule has 0 spiro atoms. The quantitative estimate of drug-likeness (QED) is 0.608. The maximum absolute atomic E-state index is 5.55. The van der Waals surface area contributed by atoms with E-state index in [-0.39, 0.29) is 0 Å². The molecule has 0 aromatic carbocycles. The first-order chi connectivity index (χ1) is 5.35. The Morgan fingerprint density at radius 1 is 1.27 bits per heavy atom. The highest BCUT2D eigenvalue weighted by Gasteiger charge is 2.40. The van der Waals surface area contributed by atoms with Gasteiger partial charge in [-0.3, -0.25) is 5.32 Å². The van der Waals surface area contributed by atoms with Crippen LogP contribution in [0.3, 0.4) is 0 Å². The third-order valence-electron chi connectivity index (χ3n) is 2.66. The van der Waals surface area contributed by atoms with Gasteiger partial charge in [-0.15, -0.1) is 0 Å². The van der Waals surface area contributed by atoms with Crippen molar-refractivity contribution < 1.29 is 9.47 Å². The Balaban J connectivity index is 2.07. The van der Waals surface area contributed by atoms with Crippen molar-refractivity contribution in [2.24, 2.45) is 5.92 Å². The summed E-state index contributed by atoms with van der Waals surface area (Å²) in [5.74, 6) is 0.381. The first-order valence-electron chi connectivity index (χ1n) is 4.31. The van der Waals surface area contributed by atoms with Gasteiger partial charge < -0.3 is 9.47 Å². The first kappa shape index (κ1) is 7.53. The summed E-state index contributed by atoms with van der Waals surface area (Å²) in [7, 11) is 1.90. The van der Waals surface area contributed by atoms with Crippen LogP contribution in [0.2, 0.25) is 0 Å². The van der Waals surface area contributed by atoms with Crippen LogP contribution < -0.4 is 5.32 Å². The lowest BCUT2D eigenvalue weighted by atomic mass is 9.92. The van der Waals surface area contributed by atoms with Crippen molar-refractivity contribution in [1.82, 2.24) is 5.32 Å². The molecule has 0 unspecified atom stereocenters. The van der Waals surface area contributed by atoms with Crippen LogP contribution >= 0.6 is 0 Å². The van der Waals surface area contributed by atoms with E-state index in [9.17, 15) is 0 Å². The van der Waals surface area contributed by atoms with E-state index in [0.717, 1.165) is 25.6 Å². The van der Waals surface area contributed by atoms with Crippen LogP contribution in [0.25, 0.3) is 0 Å². The van der Waals surface area contributed by atoms with Gasteiger partial charge in [0, 0.05) is 6.42 Å². The topological polar surface area (TPSA) is 30.5 Å². The fourth-order valence-corrected chi connectivity index (χ4v) is 1.92. The van der Waals surface area contributed by atoms with Crippen molar-refractivity contribution in [3.05, 3.63) is 0 Å². The Kier molecular flexibility index (Phi) is 1.87. The number of ether oxygens (including phenoxy) is 2. The molecule has 0 saturated carbocycles. The van der Waals surface area contributed by atoms with Gasteiger partial charge in [0.15, 0.2) is 0 Å². The van der Waals surface area contributed by atoms with Crippen molar-refractivity contribution in [1.29, 1.82) is 0 Å². The molecule has 64 valence electrons. The van der Waals surface area contributed by atoms with Gasteiger partial charge in [-0.25, -0.2) is 0 Å². The summed E-state index contributed by atoms with van der Waals surface area (Å²) < 4.78 is 11.1. The fourth-order valence-electron chi connectivity index (χ4n) is 1.92. The summed E-state index contributed by atoms with van der Waals surface area (Å²) in [6.07, 6.45) is 3.42. The average molecular weight is 157 g/mol. The molecule has 0 atom stereocenters. The van der Waals surface area contributed by atoms with Crippen LogP contribution in [0.1, 0.15) is 19.3 Å². The molecule has 0 aromatic heterocycles. The molecule has 3 nitrogen and oxygen atoms in total. The minimum Gasteiger partial charge on any atom is -0.337 e. The zero-order valence-corrected chi connectivity index (χ0v) is 6.93. The second kappa shape index (κ2) is 2.73. The number of hydrogen-bond donors (Lipinski definition) is 1.